The van der Waals surface area contributed by atoms with Crippen molar-refractivity contribution in [2.24, 2.45) is 0 Å². The number of carbonyl (C=O) groups excluding carboxylic acids is 3. The van der Waals surface area contributed by atoms with Crippen LogP contribution in [0.3, 0.4) is 0 Å². The maximum absolute atomic E-state index is 12.3. The lowest BCUT2D eigenvalue weighted by Gasteiger charge is -2.13. The summed E-state index contributed by atoms with van der Waals surface area (Å²) < 4.78 is 0. The van der Waals surface area contributed by atoms with Gasteiger partial charge in [-0.15, -0.1) is 0 Å². The Labute approximate surface area is 150 Å². The molecule has 1 N–H and O–H groups in total. The molecule has 0 spiro atoms. The molecule has 2 aromatic carbocycles. The summed E-state index contributed by atoms with van der Waals surface area (Å²) in [6.07, 6.45) is 0.0605. The van der Waals surface area contributed by atoms with Crippen LogP contribution in [-0.2, 0) is 11.3 Å². The highest BCUT2D eigenvalue weighted by Crippen LogP contribution is 2.23. The first-order chi connectivity index (χ1) is 12.0. The van der Waals surface area contributed by atoms with Gasteiger partial charge in [0, 0.05) is 24.5 Å². The van der Waals surface area contributed by atoms with Crippen molar-refractivity contribution in [2.45, 2.75) is 19.9 Å². The Balaban J connectivity index is 1.56. The van der Waals surface area contributed by atoms with Gasteiger partial charge in [-0.25, -0.2) is 0 Å². The second kappa shape index (κ2) is 7.07. The molecule has 0 aliphatic carbocycles. The minimum absolute atomic E-state index is 0.0605. The van der Waals surface area contributed by atoms with Crippen LogP contribution in [0.5, 0.6) is 0 Å². The smallest absolute Gasteiger partial charge is 0.261 e. The minimum Gasteiger partial charge on any atom is -0.352 e. The summed E-state index contributed by atoms with van der Waals surface area (Å²) in [6, 6.07) is 12.4. The molecule has 0 aromatic heterocycles. The topological polar surface area (TPSA) is 66.5 Å². The van der Waals surface area contributed by atoms with Gasteiger partial charge in [-0.2, -0.15) is 0 Å². The van der Waals surface area contributed by atoms with E-state index in [9.17, 15) is 14.4 Å². The van der Waals surface area contributed by atoms with Crippen LogP contribution in [-0.4, -0.2) is 29.2 Å². The monoisotopic (exact) mass is 356 g/mol. The fourth-order valence-electron chi connectivity index (χ4n) is 2.76. The van der Waals surface area contributed by atoms with Crippen molar-refractivity contribution in [1.29, 1.82) is 0 Å². The Bertz CT molecular complexity index is 863. The molecule has 5 nitrogen and oxygen atoms in total. The molecule has 3 amide bonds. The number of rotatable bonds is 5. The minimum atomic E-state index is -0.345. The predicted octanol–water partition coefficient (Wildman–Crippen LogP) is 2.95. The summed E-state index contributed by atoms with van der Waals surface area (Å²) >= 11 is 5.90. The Morgan fingerprint density at radius 2 is 1.84 bits per heavy atom. The van der Waals surface area contributed by atoms with Crippen LogP contribution >= 0.6 is 11.6 Å². The normalized spacial score (nSPS) is 13.1. The molecule has 0 radical (unpaired) electrons. The van der Waals surface area contributed by atoms with Gasteiger partial charge in [-0.05, 0) is 36.8 Å². The second-order valence-electron chi connectivity index (χ2n) is 5.97. The molecule has 6 heteroatoms. The number of aryl methyl sites for hydroxylation is 1. The lowest BCUT2D eigenvalue weighted by atomic mass is 10.1. The van der Waals surface area contributed by atoms with E-state index in [2.05, 4.69) is 5.32 Å². The maximum atomic E-state index is 12.3. The zero-order chi connectivity index (χ0) is 18.0. The number of nitrogens with one attached hydrogen (secondary N) is 1. The van der Waals surface area contributed by atoms with Gasteiger partial charge in [0.1, 0.15) is 0 Å². The Morgan fingerprint density at radius 3 is 2.60 bits per heavy atom. The molecule has 0 saturated carbocycles. The van der Waals surface area contributed by atoms with E-state index in [0.717, 1.165) is 16.0 Å². The third kappa shape index (κ3) is 3.72. The zero-order valence-electron chi connectivity index (χ0n) is 13.7. The van der Waals surface area contributed by atoms with E-state index in [0.29, 0.717) is 22.7 Å². The Hall–Kier alpha value is -2.66. The molecular formula is C19H17ClN2O3. The summed E-state index contributed by atoms with van der Waals surface area (Å²) in [6.45, 7) is 2.28. The van der Waals surface area contributed by atoms with Crippen molar-refractivity contribution in [3.63, 3.8) is 0 Å². The van der Waals surface area contributed by atoms with Crippen molar-refractivity contribution < 1.29 is 14.4 Å². The predicted molar refractivity (Wildman–Crippen MR) is 94.5 cm³/mol. The van der Waals surface area contributed by atoms with Crippen LogP contribution in [0.15, 0.2) is 42.5 Å². The number of halogens is 1. The van der Waals surface area contributed by atoms with Crippen LogP contribution in [0, 0.1) is 6.92 Å². The molecule has 3 rings (SSSR count). The molecule has 0 fully saturated rings. The standard InChI is InChI=1S/C19H17ClN2O3/c1-12-5-6-15-16(9-12)19(25)22(18(15)24)8-7-17(23)21-11-13-3-2-4-14(20)10-13/h2-6,9-10H,7-8,11H2,1H3,(H,21,23). The quantitative estimate of drug-likeness (QED) is 0.837. The summed E-state index contributed by atoms with van der Waals surface area (Å²) in [5.41, 5.74) is 2.61. The molecular weight excluding hydrogens is 340 g/mol. The van der Waals surface area contributed by atoms with Gasteiger partial charge < -0.3 is 5.32 Å². The Kier molecular flexibility index (Phi) is 4.86. The first-order valence-electron chi connectivity index (χ1n) is 7.93. The van der Waals surface area contributed by atoms with E-state index >= 15 is 0 Å². The van der Waals surface area contributed by atoms with Crippen molar-refractivity contribution in [2.75, 3.05) is 6.54 Å². The van der Waals surface area contributed by atoms with Gasteiger partial charge in [0.25, 0.3) is 11.8 Å². The van der Waals surface area contributed by atoms with Gasteiger partial charge in [-0.3, -0.25) is 19.3 Å². The van der Waals surface area contributed by atoms with Gasteiger partial charge in [0.15, 0.2) is 0 Å². The fourth-order valence-corrected chi connectivity index (χ4v) is 2.97. The molecule has 0 saturated heterocycles. The third-order valence-electron chi connectivity index (χ3n) is 4.07. The van der Waals surface area contributed by atoms with Gasteiger partial charge in [0.05, 0.1) is 11.1 Å². The fraction of sp³-hybridized carbons (Fsp3) is 0.211. The largest absolute Gasteiger partial charge is 0.352 e. The van der Waals surface area contributed by atoms with Crippen molar-refractivity contribution in [1.82, 2.24) is 10.2 Å². The van der Waals surface area contributed by atoms with Crippen molar-refractivity contribution in [3.05, 3.63) is 69.7 Å². The first-order valence-corrected chi connectivity index (χ1v) is 8.31. The second-order valence-corrected chi connectivity index (χ2v) is 6.40. The molecule has 0 bridgehead atoms. The maximum Gasteiger partial charge on any atom is 0.261 e. The highest BCUT2D eigenvalue weighted by atomic mass is 35.5. The van der Waals surface area contributed by atoms with Crippen molar-refractivity contribution in [3.8, 4) is 0 Å². The van der Waals surface area contributed by atoms with Crippen LogP contribution in [0.1, 0.15) is 38.3 Å². The zero-order valence-corrected chi connectivity index (χ0v) is 14.5. The first kappa shape index (κ1) is 17.2. The highest BCUT2D eigenvalue weighted by molar-refractivity contribution is 6.30. The van der Waals surface area contributed by atoms with Crippen LogP contribution < -0.4 is 5.32 Å². The number of carbonyl (C=O) groups is 3. The average Bonchev–Trinajstić information content (AvgIpc) is 2.82. The number of hydrogen-bond acceptors (Lipinski definition) is 3. The van der Waals surface area contributed by atoms with Gasteiger partial charge in [-0.1, -0.05) is 35.4 Å². The number of hydrogen-bond donors (Lipinski definition) is 1. The van der Waals surface area contributed by atoms with E-state index in [1.807, 2.05) is 19.1 Å². The highest BCUT2D eigenvalue weighted by Gasteiger charge is 2.35. The lowest BCUT2D eigenvalue weighted by molar-refractivity contribution is -0.121. The van der Waals surface area contributed by atoms with E-state index in [1.54, 1.807) is 30.3 Å². The van der Waals surface area contributed by atoms with Crippen LogP contribution in [0.25, 0.3) is 0 Å². The molecule has 1 aliphatic rings. The SMILES string of the molecule is Cc1ccc2c(c1)C(=O)N(CCC(=O)NCc1cccc(Cl)c1)C2=O. The van der Waals surface area contributed by atoms with E-state index in [1.165, 1.54) is 0 Å². The molecule has 0 atom stereocenters. The number of nitrogens with zero attached hydrogens (tertiary/aromatic N) is 1. The molecule has 2 aromatic rings. The summed E-state index contributed by atoms with van der Waals surface area (Å²) in [7, 11) is 0. The average molecular weight is 357 g/mol. The van der Waals surface area contributed by atoms with Crippen LogP contribution in [0.2, 0.25) is 5.02 Å². The molecule has 0 unspecified atom stereocenters. The number of benzene rings is 2. The van der Waals surface area contributed by atoms with Crippen LogP contribution in [0.4, 0.5) is 0 Å². The van der Waals surface area contributed by atoms with E-state index in [4.69, 9.17) is 11.6 Å². The van der Waals surface area contributed by atoms with Crippen molar-refractivity contribution >= 4 is 29.3 Å². The van der Waals surface area contributed by atoms with E-state index in [-0.39, 0.29) is 30.7 Å². The van der Waals surface area contributed by atoms with Gasteiger partial charge in [0.2, 0.25) is 5.91 Å². The lowest BCUT2D eigenvalue weighted by Crippen LogP contribution is -2.34. The number of fused-ring (bicyclic) bond motifs is 1. The molecule has 1 heterocycles. The third-order valence-corrected chi connectivity index (χ3v) is 4.30. The Morgan fingerprint density at radius 1 is 1.08 bits per heavy atom. The summed E-state index contributed by atoms with van der Waals surface area (Å²) in [5.74, 6) is -0.915. The molecule has 25 heavy (non-hydrogen) atoms. The summed E-state index contributed by atoms with van der Waals surface area (Å²) in [5, 5.41) is 3.37. The van der Waals surface area contributed by atoms with E-state index < -0.39 is 0 Å². The summed E-state index contributed by atoms with van der Waals surface area (Å²) in [4.78, 5) is 37.8. The molecule has 1 aliphatic heterocycles. The number of amides is 3. The molecule has 128 valence electrons. The number of imide groups is 1. The van der Waals surface area contributed by atoms with Gasteiger partial charge >= 0.3 is 0 Å².